The first kappa shape index (κ1) is 19.0. The molecule has 1 fully saturated rings. The smallest absolute Gasteiger partial charge is 0.267 e. The maximum absolute atomic E-state index is 12.4. The Morgan fingerprint density at radius 3 is 2.73 bits per heavy atom. The van der Waals surface area contributed by atoms with E-state index in [0.717, 1.165) is 19.4 Å². The second kappa shape index (κ2) is 7.45. The fourth-order valence-electron chi connectivity index (χ4n) is 2.51. The van der Waals surface area contributed by atoms with Crippen LogP contribution in [0.25, 0.3) is 0 Å². The first-order chi connectivity index (χ1) is 9.85. The van der Waals surface area contributed by atoms with Crippen molar-refractivity contribution in [2.24, 2.45) is 7.05 Å². The minimum Gasteiger partial charge on any atom is -0.354 e. The number of piperidine rings is 1. The lowest BCUT2D eigenvalue weighted by Crippen LogP contribution is -2.51. The highest BCUT2D eigenvalue weighted by molar-refractivity contribution is 7.89. The van der Waals surface area contributed by atoms with Gasteiger partial charge in [-0.05, 0) is 32.4 Å². The summed E-state index contributed by atoms with van der Waals surface area (Å²) in [6.07, 6.45) is 3.20. The van der Waals surface area contributed by atoms with E-state index in [4.69, 9.17) is 0 Å². The molecule has 126 valence electrons. The molecular weight excluding hydrogens is 328 g/mol. The molecule has 2 unspecified atom stereocenters. The average molecular weight is 351 g/mol. The van der Waals surface area contributed by atoms with Gasteiger partial charge in [-0.25, -0.2) is 13.1 Å². The van der Waals surface area contributed by atoms with Crippen molar-refractivity contribution in [3.8, 4) is 0 Å². The highest BCUT2D eigenvalue weighted by Gasteiger charge is 2.28. The molecule has 9 heteroatoms. The van der Waals surface area contributed by atoms with E-state index in [0.29, 0.717) is 5.69 Å². The maximum atomic E-state index is 12.4. The van der Waals surface area contributed by atoms with Crippen LogP contribution in [0.4, 0.5) is 0 Å². The van der Waals surface area contributed by atoms with Gasteiger partial charge in [-0.1, -0.05) is 0 Å². The Hall–Kier alpha value is -1.09. The van der Waals surface area contributed by atoms with Gasteiger partial charge >= 0.3 is 0 Å². The summed E-state index contributed by atoms with van der Waals surface area (Å²) in [7, 11) is -0.469. The lowest BCUT2D eigenvalue weighted by atomic mass is 10.0. The SMILES string of the molecule is CNC(=O)c1cc(S(=O)(=O)NC2CCCNC2C)cn1C.Cl. The molecule has 2 atom stereocenters. The number of halogens is 1. The second-order valence-corrected chi connectivity index (χ2v) is 7.08. The van der Waals surface area contributed by atoms with E-state index in [1.165, 1.54) is 23.9 Å². The molecule has 1 aromatic rings. The van der Waals surface area contributed by atoms with Gasteiger partial charge in [-0.15, -0.1) is 12.4 Å². The zero-order chi connectivity index (χ0) is 15.6. The van der Waals surface area contributed by atoms with Crippen molar-refractivity contribution in [1.82, 2.24) is 19.9 Å². The zero-order valence-corrected chi connectivity index (χ0v) is 14.6. The van der Waals surface area contributed by atoms with Crippen LogP contribution >= 0.6 is 12.4 Å². The van der Waals surface area contributed by atoms with Gasteiger partial charge in [0.05, 0.1) is 0 Å². The predicted molar refractivity (Wildman–Crippen MR) is 86.9 cm³/mol. The molecule has 1 saturated heterocycles. The number of nitrogens with one attached hydrogen (secondary N) is 3. The number of aromatic nitrogens is 1. The molecule has 1 amide bonds. The van der Waals surface area contributed by atoms with Gasteiger partial charge in [0, 0.05) is 32.4 Å². The number of rotatable bonds is 4. The van der Waals surface area contributed by atoms with Crippen LogP contribution in [0.15, 0.2) is 17.2 Å². The number of hydrogen-bond acceptors (Lipinski definition) is 4. The summed E-state index contributed by atoms with van der Waals surface area (Å²) in [4.78, 5) is 11.8. The molecule has 1 aromatic heterocycles. The number of sulfonamides is 1. The molecule has 2 heterocycles. The number of aryl methyl sites for hydroxylation is 1. The molecule has 0 saturated carbocycles. The van der Waals surface area contributed by atoms with Crippen LogP contribution in [-0.4, -0.2) is 44.6 Å². The number of hydrogen-bond donors (Lipinski definition) is 3. The Labute approximate surface area is 137 Å². The van der Waals surface area contributed by atoms with Crippen molar-refractivity contribution in [1.29, 1.82) is 0 Å². The van der Waals surface area contributed by atoms with Crippen LogP contribution < -0.4 is 15.4 Å². The minimum atomic E-state index is -3.63. The van der Waals surface area contributed by atoms with Gasteiger partial charge in [0.2, 0.25) is 10.0 Å². The van der Waals surface area contributed by atoms with Crippen molar-refractivity contribution < 1.29 is 13.2 Å². The van der Waals surface area contributed by atoms with E-state index >= 15 is 0 Å². The fourth-order valence-corrected chi connectivity index (χ4v) is 3.93. The van der Waals surface area contributed by atoms with Crippen LogP contribution in [0.2, 0.25) is 0 Å². The summed E-state index contributed by atoms with van der Waals surface area (Å²) in [5.41, 5.74) is 0.313. The Kier molecular flexibility index (Phi) is 6.42. The molecule has 2 rings (SSSR count). The summed E-state index contributed by atoms with van der Waals surface area (Å²) in [5.74, 6) is -0.313. The second-order valence-electron chi connectivity index (χ2n) is 5.36. The van der Waals surface area contributed by atoms with E-state index in [-0.39, 0.29) is 35.3 Å². The molecule has 7 nitrogen and oxygen atoms in total. The molecule has 22 heavy (non-hydrogen) atoms. The van der Waals surface area contributed by atoms with E-state index in [2.05, 4.69) is 15.4 Å². The van der Waals surface area contributed by atoms with Crippen LogP contribution in [0.3, 0.4) is 0 Å². The van der Waals surface area contributed by atoms with Crippen LogP contribution in [0.5, 0.6) is 0 Å². The summed E-state index contributed by atoms with van der Waals surface area (Å²) >= 11 is 0. The molecule has 1 aliphatic heterocycles. The maximum Gasteiger partial charge on any atom is 0.267 e. The molecule has 3 N–H and O–H groups in total. The van der Waals surface area contributed by atoms with Gasteiger partial charge in [0.25, 0.3) is 5.91 Å². The topological polar surface area (TPSA) is 92.2 Å². The van der Waals surface area contributed by atoms with Gasteiger partial charge in [-0.2, -0.15) is 0 Å². The van der Waals surface area contributed by atoms with E-state index in [1.807, 2.05) is 6.92 Å². The van der Waals surface area contributed by atoms with Crippen LogP contribution in [0, 0.1) is 0 Å². The lowest BCUT2D eigenvalue weighted by Gasteiger charge is -2.30. The molecule has 0 spiro atoms. The zero-order valence-electron chi connectivity index (χ0n) is 12.9. The molecule has 0 aromatic carbocycles. The number of carbonyl (C=O) groups excluding carboxylic acids is 1. The summed E-state index contributed by atoms with van der Waals surface area (Å²) < 4.78 is 29.1. The summed E-state index contributed by atoms with van der Waals surface area (Å²) in [6, 6.07) is 1.35. The van der Waals surface area contributed by atoms with Gasteiger partial charge < -0.3 is 15.2 Å². The van der Waals surface area contributed by atoms with Gasteiger partial charge in [0.1, 0.15) is 10.6 Å². The van der Waals surface area contributed by atoms with Gasteiger partial charge in [0.15, 0.2) is 0 Å². The van der Waals surface area contributed by atoms with E-state index < -0.39 is 10.0 Å². The number of nitrogens with zero attached hydrogens (tertiary/aromatic N) is 1. The van der Waals surface area contributed by atoms with Crippen molar-refractivity contribution in [2.45, 2.75) is 36.7 Å². The highest BCUT2D eigenvalue weighted by atomic mass is 35.5. The van der Waals surface area contributed by atoms with Crippen molar-refractivity contribution in [3.05, 3.63) is 18.0 Å². The first-order valence-electron chi connectivity index (χ1n) is 6.99. The van der Waals surface area contributed by atoms with Gasteiger partial charge in [-0.3, -0.25) is 4.79 Å². The minimum absolute atomic E-state index is 0. The molecule has 0 bridgehead atoms. The third kappa shape index (κ3) is 4.01. The highest BCUT2D eigenvalue weighted by Crippen LogP contribution is 2.16. The fraction of sp³-hybridized carbons (Fsp3) is 0.615. The van der Waals surface area contributed by atoms with E-state index in [1.54, 1.807) is 7.05 Å². The predicted octanol–water partition coefficient (Wildman–Crippen LogP) is 0.225. The largest absolute Gasteiger partial charge is 0.354 e. The normalized spacial score (nSPS) is 22.0. The summed E-state index contributed by atoms with van der Waals surface area (Å²) in [5, 5.41) is 5.74. The van der Waals surface area contributed by atoms with Crippen LogP contribution in [-0.2, 0) is 17.1 Å². The van der Waals surface area contributed by atoms with Crippen LogP contribution in [0.1, 0.15) is 30.3 Å². The number of amides is 1. The van der Waals surface area contributed by atoms with Crippen molar-refractivity contribution in [3.63, 3.8) is 0 Å². The first-order valence-corrected chi connectivity index (χ1v) is 8.47. The van der Waals surface area contributed by atoms with Crippen molar-refractivity contribution >= 4 is 28.3 Å². The van der Waals surface area contributed by atoms with Crippen molar-refractivity contribution in [2.75, 3.05) is 13.6 Å². The summed E-state index contributed by atoms with van der Waals surface area (Å²) in [6.45, 7) is 2.87. The number of carbonyl (C=O) groups is 1. The monoisotopic (exact) mass is 350 g/mol. The molecule has 0 radical (unpaired) electrons. The third-order valence-electron chi connectivity index (χ3n) is 3.82. The Morgan fingerprint density at radius 1 is 1.45 bits per heavy atom. The Bertz CT molecular complexity index is 629. The molecular formula is C13H23ClN4O3S. The average Bonchev–Trinajstić information content (AvgIpc) is 2.83. The standard InChI is InChI=1S/C13H22N4O3S.ClH/c1-9-11(5-4-6-15-9)16-21(19,20)10-7-12(13(18)14-2)17(3)8-10;/h7-9,11,15-16H,4-6H2,1-3H3,(H,14,18);1H. The Morgan fingerprint density at radius 2 is 2.14 bits per heavy atom. The molecule has 0 aliphatic carbocycles. The lowest BCUT2D eigenvalue weighted by molar-refractivity contribution is 0.0955. The Balaban J connectivity index is 0.00000242. The van der Waals surface area contributed by atoms with E-state index in [9.17, 15) is 13.2 Å². The molecule has 1 aliphatic rings. The third-order valence-corrected chi connectivity index (χ3v) is 5.28. The quantitative estimate of drug-likeness (QED) is 0.724.